The van der Waals surface area contributed by atoms with Crippen LogP contribution in [-0.2, 0) is 0 Å². The van der Waals surface area contributed by atoms with Crippen molar-refractivity contribution >= 4 is 11.6 Å². The molecule has 0 aliphatic rings. The van der Waals surface area contributed by atoms with Gasteiger partial charge in [0.05, 0.1) is 18.5 Å². The van der Waals surface area contributed by atoms with E-state index in [1.165, 1.54) is 0 Å². The van der Waals surface area contributed by atoms with E-state index in [0.29, 0.717) is 17.9 Å². The highest BCUT2D eigenvalue weighted by Gasteiger charge is 2.20. The van der Waals surface area contributed by atoms with E-state index < -0.39 is 0 Å². The van der Waals surface area contributed by atoms with Crippen molar-refractivity contribution in [3.63, 3.8) is 0 Å². The van der Waals surface area contributed by atoms with E-state index in [-0.39, 0.29) is 5.91 Å². The molecule has 2 aromatic carbocycles. The van der Waals surface area contributed by atoms with Crippen LogP contribution in [0, 0.1) is 6.92 Å². The fourth-order valence-corrected chi connectivity index (χ4v) is 3.63. The first-order valence-electron chi connectivity index (χ1n) is 10.5. The van der Waals surface area contributed by atoms with Crippen molar-refractivity contribution in [2.75, 3.05) is 34.3 Å². The number of aromatic nitrogens is 3. The molecule has 1 amide bonds. The molecule has 0 atom stereocenters. The molecule has 4 aromatic rings. The molecule has 2 heterocycles. The molecule has 0 aliphatic carbocycles. The first-order chi connectivity index (χ1) is 15.5. The summed E-state index contributed by atoms with van der Waals surface area (Å²) in [7, 11) is 5.58. The predicted octanol–water partition coefficient (Wildman–Crippen LogP) is 3.67. The molecule has 2 aromatic heterocycles. The van der Waals surface area contributed by atoms with Crippen LogP contribution in [0.25, 0.3) is 28.0 Å². The average molecular weight is 430 g/mol. The van der Waals surface area contributed by atoms with Crippen LogP contribution >= 0.6 is 0 Å². The summed E-state index contributed by atoms with van der Waals surface area (Å²) in [5, 5.41) is 7.74. The minimum Gasteiger partial charge on any atom is -0.497 e. The maximum Gasteiger partial charge on any atom is 0.270 e. The Morgan fingerprint density at radius 1 is 1.06 bits per heavy atom. The number of ether oxygens (including phenoxy) is 1. The highest BCUT2D eigenvalue weighted by atomic mass is 16.5. The summed E-state index contributed by atoms with van der Waals surface area (Å²) >= 11 is 0. The molecule has 32 heavy (non-hydrogen) atoms. The zero-order valence-electron chi connectivity index (χ0n) is 18.8. The number of hydrogen-bond acceptors (Lipinski definition) is 5. The lowest BCUT2D eigenvalue weighted by Gasteiger charge is -2.12. The van der Waals surface area contributed by atoms with Crippen molar-refractivity contribution < 1.29 is 9.53 Å². The molecule has 4 rings (SSSR count). The maximum absolute atomic E-state index is 13.0. The summed E-state index contributed by atoms with van der Waals surface area (Å²) in [5.41, 5.74) is 5.51. The molecular formula is C25H27N5O2. The third-order valence-corrected chi connectivity index (χ3v) is 5.29. The zero-order valence-corrected chi connectivity index (χ0v) is 18.8. The van der Waals surface area contributed by atoms with Crippen LogP contribution in [0.4, 0.5) is 0 Å². The van der Waals surface area contributed by atoms with Crippen molar-refractivity contribution in [2.45, 2.75) is 6.92 Å². The summed E-state index contributed by atoms with van der Waals surface area (Å²) in [6, 6.07) is 19.5. The Morgan fingerprint density at radius 2 is 1.78 bits per heavy atom. The molecule has 7 heteroatoms. The van der Waals surface area contributed by atoms with Crippen molar-refractivity contribution in [1.82, 2.24) is 24.8 Å². The molecule has 1 N–H and O–H groups in total. The van der Waals surface area contributed by atoms with Crippen LogP contribution < -0.4 is 10.1 Å². The van der Waals surface area contributed by atoms with Gasteiger partial charge in [0.15, 0.2) is 5.65 Å². The summed E-state index contributed by atoms with van der Waals surface area (Å²) < 4.78 is 7.11. The van der Waals surface area contributed by atoms with Gasteiger partial charge in [-0.25, -0.2) is 9.50 Å². The van der Waals surface area contributed by atoms with Crippen molar-refractivity contribution in [2.24, 2.45) is 0 Å². The van der Waals surface area contributed by atoms with Crippen molar-refractivity contribution in [3.05, 3.63) is 72.1 Å². The highest BCUT2D eigenvalue weighted by Crippen LogP contribution is 2.31. The number of fused-ring (bicyclic) bond motifs is 1. The lowest BCUT2D eigenvalue weighted by atomic mass is 10.1. The molecule has 0 radical (unpaired) electrons. The minimum absolute atomic E-state index is 0.207. The molecular weight excluding hydrogens is 402 g/mol. The van der Waals surface area contributed by atoms with Gasteiger partial charge in [-0.3, -0.25) is 4.79 Å². The lowest BCUT2D eigenvalue weighted by molar-refractivity contribution is 0.0946. The second-order valence-corrected chi connectivity index (χ2v) is 7.88. The molecule has 0 bridgehead atoms. The van der Waals surface area contributed by atoms with Gasteiger partial charge in [0.2, 0.25) is 0 Å². The molecule has 7 nitrogen and oxygen atoms in total. The van der Waals surface area contributed by atoms with Gasteiger partial charge in [-0.2, -0.15) is 5.10 Å². The number of rotatable bonds is 7. The van der Waals surface area contributed by atoms with Gasteiger partial charge >= 0.3 is 0 Å². The summed E-state index contributed by atoms with van der Waals surface area (Å²) in [4.78, 5) is 19.7. The van der Waals surface area contributed by atoms with Gasteiger partial charge in [0, 0.05) is 24.2 Å². The Labute approximate surface area is 187 Å². The summed E-state index contributed by atoms with van der Waals surface area (Å²) in [6.45, 7) is 3.26. The number of nitrogens with one attached hydrogen (secondary N) is 1. The quantitative estimate of drug-likeness (QED) is 0.485. The Balaban J connectivity index is 1.87. The maximum atomic E-state index is 13.0. The smallest absolute Gasteiger partial charge is 0.270 e. The molecule has 0 saturated carbocycles. The van der Waals surface area contributed by atoms with Crippen LogP contribution in [-0.4, -0.2) is 59.7 Å². The van der Waals surface area contributed by atoms with E-state index in [4.69, 9.17) is 14.8 Å². The second kappa shape index (κ2) is 9.20. The van der Waals surface area contributed by atoms with E-state index in [9.17, 15) is 4.79 Å². The topological polar surface area (TPSA) is 71.8 Å². The highest BCUT2D eigenvalue weighted by molar-refractivity contribution is 5.95. The molecule has 0 spiro atoms. The van der Waals surface area contributed by atoms with Gasteiger partial charge in [0.1, 0.15) is 11.4 Å². The number of nitrogens with zero attached hydrogens (tertiary/aromatic N) is 4. The Bertz CT molecular complexity index is 1230. The number of amides is 1. The number of aryl methyl sites for hydroxylation is 1. The number of likely N-dealkylation sites (N-methyl/N-ethyl adjacent to an activating group) is 1. The Kier molecular flexibility index (Phi) is 6.18. The largest absolute Gasteiger partial charge is 0.497 e. The predicted molar refractivity (Wildman–Crippen MR) is 126 cm³/mol. The number of carbonyl (C=O) groups excluding carboxylic acids is 1. The van der Waals surface area contributed by atoms with E-state index in [2.05, 4.69) is 5.32 Å². The van der Waals surface area contributed by atoms with Crippen LogP contribution in [0.2, 0.25) is 0 Å². The Hall–Kier alpha value is -3.71. The number of methoxy groups -OCH3 is 1. The van der Waals surface area contributed by atoms with Crippen LogP contribution in [0.5, 0.6) is 5.75 Å². The van der Waals surface area contributed by atoms with Crippen molar-refractivity contribution in [1.29, 1.82) is 0 Å². The Morgan fingerprint density at radius 3 is 2.44 bits per heavy atom. The van der Waals surface area contributed by atoms with E-state index >= 15 is 0 Å². The van der Waals surface area contributed by atoms with Crippen LogP contribution in [0.1, 0.15) is 16.2 Å². The van der Waals surface area contributed by atoms with Gasteiger partial charge < -0.3 is 15.0 Å². The monoisotopic (exact) mass is 429 g/mol. The molecule has 164 valence electrons. The number of benzene rings is 2. The van der Waals surface area contributed by atoms with E-state index in [1.54, 1.807) is 13.2 Å². The fourth-order valence-electron chi connectivity index (χ4n) is 3.63. The SMILES string of the molecule is COc1ccc(-c2cc(C(=O)NCCN(C)C)nc3c(-c4ccccc4)c(C)nn23)cc1. The summed E-state index contributed by atoms with van der Waals surface area (Å²) in [5.74, 6) is 0.560. The second-order valence-electron chi connectivity index (χ2n) is 7.88. The minimum atomic E-state index is -0.207. The van der Waals surface area contributed by atoms with Gasteiger partial charge in [0.25, 0.3) is 5.91 Å². The fraction of sp³-hybridized carbons (Fsp3) is 0.240. The molecule has 0 aliphatic heterocycles. The van der Waals surface area contributed by atoms with E-state index in [0.717, 1.165) is 40.4 Å². The third-order valence-electron chi connectivity index (χ3n) is 5.29. The molecule has 0 saturated heterocycles. The normalized spacial score (nSPS) is 11.2. The van der Waals surface area contributed by atoms with E-state index in [1.807, 2.05) is 85.0 Å². The number of hydrogen-bond donors (Lipinski definition) is 1. The van der Waals surface area contributed by atoms with Crippen molar-refractivity contribution in [3.8, 4) is 28.1 Å². The third kappa shape index (κ3) is 4.33. The average Bonchev–Trinajstić information content (AvgIpc) is 3.14. The molecule has 0 fully saturated rings. The first-order valence-corrected chi connectivity index (χ1v) is 10.5. The van der Waals surface area contributed by atoms with Gasteiger partial charge in [-0.1, -0.05) is 30.3 Å². The van der Waals surface area contributed by atoms with Gasteiger partial charge in [-0.05, 0) is 56.9 Å². The van der Waals surface area contributed by atoms with Gasteiger partial charge in [-0.15, -0.1) is 0 Å². The standard InChI is InChI=1S/C25H27N5O2/c1-17-23(19-8-6-5-7-9-19)24-27-21(25(31)26-14-15-29(2)3)16-22(30(24)28-17)18-10-12-20(32-4)13-11-18/h5-13,16H,14-15H2,1-4H3,(H,26,31). The zero-order chi connectivity index (χ0) is 22.7. The van der Waals surface area contributed by atoms with Crippen LogP contribution in [0.15, 0.2) is 60.7 Å². The van der Waals surface area contributed by atoms with Crippen LogP contribution in [0.3, 0.4) is 0 Å². The summed E-state index contributed by atoms with van der Waals surface area (Å²) in [6.07, 6.45) is 0. The molecule has 0 unspecified atom stereocenters. The number of carbonyl (C=O) groups is 1. The first kappa shape index (κ1) is 21.5. The lowest BCUT2D eigenvalue weighted by Crippen LogP contribution is -2.32.